The topological polar surface area (TPSA) is 84.3 Å². The number of nitrogens with one attached hydrogen (secondary N) is 2. The molecule has 0 heterocycles. The van der Waals surface area contributed by atoms with Crippen LogP contribution in [0.5, 0.6) is 0 Å². The van der Waals surface area contributed by atoms with Gasteiger partial charge in [-0.05, 0) is 24.6 Å². The summed E-state index contributed by atoms with van der Waals surface area (Å²) in [5.74, 6) is -0.171. The average molecular weight is 299 g/mol. The van der Waals surface area contributed by atoms with Crippen molar-refractivity contribution >= 4 is 23.0 Å². The maximum atomic E-state index is 12.1. The highest BCUT2D eigenvalue weighted by Gasteiger charge is 2.11. The van der Waals surface area contributed by atoms with E-state index in [2.05, 4.69) is 10.6 Å². The lowest BCUT2D eigenvalue weighted by Gasteiger charge is -2.12. The molecule has 1 amide bonds. The Hall–Kier alpha value is -2.89. The summed E-state index contributed by atoms with van der Waals surface area (Å²) >= 11 is 0. The molecule has 2 aromatic rings. The van der Waals surface area contributed by atoms with Crippen molar-refractivity contribution in [2.45, 2.75) is 13.3 Å². The Balaban J connectivity index is 2.24. The van der Waals surface area contributed by atoms with Crippen LogP contribution in [0.4, 0.5) is 17.1 Å². The van der Waals surface area contributed by atoms with Gasteiger partial charge in [0.1, 0.15) is 0 Å². The number of carbonyl (C=O) groups excluding carboxylic acids is 1. The van der Waals surface area contributed by atoms with E-state index in [1.165, 1.54) is 12.1 Å². The third-order valence-corrected chi connectivity index (χ3v) is 3.04. The molecule has 0 saturated heterocycles. The van der Waals surface area contributed by atoms with Crippen LogP contribution in [-0.4, -0.2) is 17.4 Å². The lowest BCUT2D eigenvalue weighted by atomic mass is 10.1. The van der Waals surface area contributed by atoms with E-state index in [4.69, 9.17) is 0 Å². The molecule has 0 radical (unpaired) electrons. The summed E-state index contributed by atoms with van der Waals surface area (Å²) in [7, 11) is 0. The number of non-ortho nitro benzene ring substituents is 1. The fourth-order valence-electron chi connectivity index (χ4n) is 1.98. The molecule has 2 N–H and O–H groups in total. The van der Waals surface area contributed by atoms with Crippen LogP contribution in [0.15, 0.2) is 48.5 Å². The zero-order valence-electron chi connectivity index (χ0n) is 12.2. The van der Waals surface area contributed by atoms with Crippen LogP contribution in [0.25, 0.3) is 0 Å². The van der Waals surface area contributed by atoms with Crippen molar-refractivity contribution in [3.05, 3.63) is 64.2 Å². The summed E-state index contributed by atoms with van der Waals surface area (Å²) in [5, 5.41) is 16.7. The summed E-state index contributed by atoms with van der Waals surface area (Å²) < 4.78 is 0. The molecule has 0 fully saturated rings. The van der Waals surface area contributed by atoms with Gasteiger partial charge in [0.05, 0.1) is 16.2 Å². The Labute approximate surface area is 128 Å². The molecule has 0 aromatic heterocycles. The van der Waals surface area contributed by atoms with E-state index in [1.807, 2.05) is 6.92 Å². The van der Waals surface area contributed by atoms with Crippen LogP contribution in [-0.2, 0) is 0 Å². The lowest BCUT2D eigenvalue weighted by Crippen LogP contribution is -2.24. The molecule has 22 heavy (non-hydrogen) atoms. The first-order valence-corrected chi connectivity index (χ1v) is 7.00. The predicted molar refractivity (Wildman–Crippen MR) is 85.4 cm³/mol. The minimum absolute atomic E-state index is 0.00193. The normalized spacial score (nSPS) is 10.0. The maximum Gasteiger partial charge on any atom is 0.271 e. The Bertz CT molecular complexity index is 686. The van der Waals surface area contributed by atoms with Gasteiger partial charge in [-0.1, -0.05) is 25.1 Å². The van der Waals surface area contributed by atoms with E-state index in [0.717, 1.165) is 6.42 Å². The summed E-state index contributed by atoms with van der Waals surface area (Å²) in [6.45, 7) is 2.58. The van der Waals surface area contributed by atoms with Gasteiger partial charge >= 0.3 is 0 Å². The Kier molecular flexibility index (Phi) is 5.08. The van der Waals surface area contributed by atoms with Gasteiger partial charge in [0.2, 0.25) is 0 Å². The van der Waals surface area contributed by atoms with E-state index >= 15 is 0 Å². The standard InChI is InChI=1S/C16H17N3O3/c1-2-10-17-16(20)14-8-3-4-9-15(14)18-12-6-5-7-13(11-12)19(21)22/h3-9,11,18H,2,10H2,1H3,(H,17,20). The summed E-state index contributed by atoms with van der Waals surface area (Å²) in [6, 6.07) is 13.2. The largest absolute Gasteiger partial charge is 0.355 e. The highest BCUT2D eigenvalue weighted by molar-refractivity contribution is 6.00. The summed E-state index contributed by atoms with van der Waals surface area (Å²) in [6.07, 6.45) is 0.853. The smallest absolute Gasteiger partial charge is 0.271 e. The number of amides is 1. The number of hydrogen-bond donors (Lipinski definition) is 2. The minimum atomic E-state index is -0.453. The van der Waals surface area contributed by atoms with Crippen LogP contribution in [0.1, 0.15) is 23.7 Å². The minimum Gasteiger partial charge on any atom is -0.355 e. The zero-order valence-corrected chi connectivity index (χ0v) is 12.2. The molecule has 0 aliphatic rings. The molecule has 0 unspecified atom stereocenters. The molecular weight excluding hydrogens is 282 g/mol. The van der Waals surface area contributed by atoms with Crippen LogP contribution in [0.2, 0.25) is 0 Å². The molecule has 0 bridgehead atoms. The van der Waals surface area contributed by atoms with Crippen molar-refractivity contribution < 1.29 is 9.72 Å². The number of para-hydroxylation sites is 1. The van der Waals surface area contributed by atoms with E-state index < -0.39 is 4.92 Å². The van der Waals surface area contributed by atoms with Gasteiger partial charge < -0.3 is 10.6 Å². The van der Waals surface area contributed by atoms with Crippen LogP contribution >= 0.6 is 0 Å². The van der Waals surface area contributed by atoms with E-state index in [9.17, 15) is 14.9 Å². The monoisotopic (exact) mass is 299 g/mol. The van der Waals surface area contributed by atoms with Crippen LogP contribution < -0.4 is 10.6 Å². The van der Waals surface area contributed by atoms with Crippen molar-refractivity contribution in [2.24, 2.45) is 0 Å². The zero-order chi connectivity index (χ0) is 15.9. The number of carbonyl (C=O) groups is 1. The Morgan fingerprint density at radius 1 is 1.18 bits per heavy atom. The number of rotatable bonds is 6. The molecule has 0 saturated carbocycles. The van der Waals surface area contributed by atoms with E-state index in [-0.39, 0.29) is 11.6 Å². The third-order valence-electron chi connectivity index (χ3n) is 3.04. The Morgan fingerprint density at radius 2 is 1.95 bits per heavy atom. The quantitative estimate of drug-likeness (QED) is 0.631. The number of hydrogen-bond acceptors (Lipinski definition) is 4. The number of nitro benzene ring substituents is 1. The van der Waals surface area contributed by atoms with Gasteiger partial charge in [-0.2, -0.15) is 0 Å². The van der Waals surface area contributed by atoms with Crippen molar-refractivity contribution in [2.75, 3.05) is 11.9 Å². The second kappa shape index (κ2) is 7.21. The van der Waals surface area contributed by atoms with Gasteiger partial charge in [-0.3, -0.25) is 14.9 Å². The van der Waals surface area contributed by atoms with Crippen molar-refractivity contribution in [1.29, 1.82) is 0 Å². The SMILES string of the molecule is CCCNC(=O)c1ccccc1Nc1cccc([N+](=O)[O-])c1. The number of anilines is 2. The first-order valence-electron chi connectivity index (χ1n) is 7.00. The molecule has 0 atom stereocenters. The summed E-state index contributed by atoms with van der Waals surface area (Å²) in [4.78, 5) is 22.5. The number of nitrogens with zero attached hydrogens (tertiary/aromatic N) is 1. The average Bonchev–Trinajstić information content (AvgIpc) is 2.53. The molecule has 0 aliphatic heterocycles. The molecule has 0 spiro atoms. The molecule has 0 aliphatic carbocycles. The molecular formula is C16H17N3O3. The molecule has 6 heteroatoms. The molecule has 2 rings (SSSR count). The van der Waals surface area contributed by atoms with Gasteiger partial charge in [-0.25, -0.2) is 0 Å². The van der Waals surface area contributed by atoms with Gasteiger partial charge in [0.25, 0.3) is 11.6 Å². The van der Waals surface area contributed by atoms with Crippen molar-refractivity contribution in [3.8, 4) is 0 Å². The van der Waals surface area contributed by atoms with Gasteiger partial charge in [-0.15, -0.1) is 0 Å². The second-order valence-electron chi connectivity index (χ2n) is 4.73. The van der Waals surface area contributed by atoms with Crippen molar-refractivity contribution in [1.82, 2.24) is 5.32 Å². The van der Waals surface area contributed by atoms with Crippen LogP contribution in [0.3, 0.4) is 0 Å². The highest BCUT2D eigenvalue weighted by atomic mass is 16.6. The maximum absolute atomic E-state index is 12.1. The summed E-state index contributed by atoms with van der Waals surface area (Å²) in [5.41, 5.74) is 1.67. The van der Waals surface area contributed by atoms with Crippen molar-refractivity contribution in [3.63, 3.8) is 0 Å². The third kappa shape index (κ3) is 3.82. The Morgan fingerprint density at radius 3 is 2.68 bits per heavy atom. The number of nitro groups is 1. The van der Waals surface area contributed by atoms with Crippen LogP contribution in [0, 0.1) is 10.1 Å². The highest BCUT2D eigenvalue weighted by Crippen LogP contribution is 2.23. The first kappa shape index (κ1) is 15.5. The fourth-order valence-corrected chi connectivity index (χ4v) is 1.98. The molecule has 114 valence electrons. The van der Waals surface area contributed by atoms with E-state index in [0.29, 0.717) is 23.5 Å². The molecule has 6 nitrogen and oxygen atoms in total. The molecule has 2 aromatic carbocycles. The van der Waals surface area contributed by atoms with Gasteiger partial charge in [0, 0.05) is 24.4 Å². The second-order valence-corrected chi connectivity index (χ2v) is 4.73. The van der Waals surface area contributed by atoms with E-state index in [1.54, 1.807) is 36.4 Å². The fraction of sp³-hybridized carbons (Fsp3) is 0.188. The van der Waals surface area contributed by atoms with Gasteiger partial charge in [0.15, 0.2) is 0 Å². The lowest BCUT2D eigenvalue weighted by molar-refractivity contribution is -0.384. The number of benzene rings is 2. The predicted octanol–water partition coefficient (Wildman–Crippen LogP) is 3.48. The first-order chi connectivity index (χ1) is 10.6.